The Kier molecular flexibility index (Phi) is 9.27. The van der Waals surface area contributed by atoms with Crippen molar-refractivity contribution in [2.45, 2.75) is 13.8 Å². The summed E-state index contributed by atoms with van der Waals surface area (Å²) in [4.78, 5) is 11.5. The van der Waals surface area contributed by atoms with Crippen LogP contribution in [0.25, 0.3) is 0 Å². The summed E-state index contributed by atoms with van der Waals surface area (Å²) in [6.07, 6.45) is 3.49. The van der Waals surface area contributed by atoms with Gasteiger partial charge in [-0.2, -0.15) is 0 Å². The van der Waals surface area contributed by atoms with Crippen LogP contribution >= 0.6 is 0 Å². The van der Waals surface area contributed by atoms with Crippen LogP contribution in [0, 0.1) is 0 Å². The molecule has 0 fully saturated rings. The standard InChI is InChI=1S/C6H11N.C4H6O2/c1-4-7(5-2)6-3;1-3(2)4(5)6/h4-5H,1-2,6H2,3H3;1H2,2H3,(H,5,6). The third kappa shape index (κ3) is 10.5. The fourth-order valence-corrected chi connectivity index (χ4v) is 0.333. The van der Waals surface area contributed by atoms with Crippen molar-refractivity contribution in [2.24, 2.45) is 0 Å². The van der Waals surface area contributed by atoms with Gasteiger partial charge in [-0.3, -0.25) is 0 Å². The smallest absolute Gasteiger partial charge is 0.330 e. The lowest BCUT2D eigenvalue weighted by atomic mass is 10.4. The Hall–Kier alpha value is -1.51. The molecule has 0 aliphatic carbocycles. The second kappa shape index (κ2) is 8.59. The SMILES string of the molecule is C=C(C)C(=O)O.C=CN(C=C)CC. The van der Waals surface area contributed by atoms with Crippen LogP contribution in [0.5, 0.6) is 0 Å². The van der Waals surface area contributed by atoms with Gasteiger partial charge in [0.1, 0.15) is 0 Å². The first-order chi connectivity index (χ1) is 5.99. The van der Waals surface area contributed by atoms with E-state index in [0.717, 1.165) is 6.54 Å². The van der Waals surface area contributed by atoms with E-state index in [4.69, 9.17) is 5.11 Å². The quantitative estimate of drug-likeness (QED) is 0.679. The van der Waals surface area contributed by atoms with E-state index in [1.807, 2.05) is 11.8 Å². The number of rotatable bonds is 4. The Bertz CT molecular complexity index is 177. The summed E-state index contributed by atoms with van der Waals surface area (Å²) in [7, 11) is 0. The van der Waals surface area contributed by atoms with Crippen LogP contribution in [0.15, 0.2) is 37.7 Å². The van der Waals surface area contributed by atoms with E-state index < -0.39 is 5.97 Å². The molecule has 0 unspecified atom stereocenters. The van der Waals surface area contributed by atoms with Crippen LogP contribution in [0.4, 0.5) is 0 Å². The molecular weight excluding hydrogens is 166 g/mol. The summed E-state index contributed by atoms with van der Waals surface area (Å²) in [5, 5.41) is 7.89. The van der Waals surface area contributed by atoms with Crippen LogP contribution in [0.1, 0.15) is 13.8 Å². The largest absolute Gasteiger partial charge is 0.478 e. The summed E-state index contributed by atoms with van der Waals surface area (Å²) in [5.74, 6) is -0.935. The number of carboxylic acids is 1. The van der Waals surface area contributed by atoms with Gasteiger partial charge < -0.3 is 10.0 Å². The molecule has 3 heteroatoms. The first kappa shape index (κ1) is 14.0. The first-order valence-corrected chi connectivity index (χ1v) is 3.89. The van der Waals surface area contributed by atoms with Gasteiger partial charge in [0.15, 0.2) is 0 Å². The van der Waals surface area contributed by atoms with Crippen LogP contribution in [-0.2, 0) is 4.79 Å². The Labute approximate surface area is 79.7 Å². The van der Waals surface area contributed by atoms with Crippen molar-refractivity contribution in [1.29, 1.82) is 0 Å². The third-order valence-corrected chi connectivity index (χ3v) is 1.20. The van der Waals surface area contributed by atoms with Gasteiger partial charge in [0.25, 0.3) is 0 Å². The van der Waals surface area contributed by atoms with Gasteiger partial charge in [0.05, 0.1) is 0 Å². The monoisotopic (exact) mass is 183 g/mol. The molecule has 0 atom stereocenters. The summed E-state index contributed by atoms with van der Waals surface area (Å²) >= 11 is 0. The van der Waals surface area contributed by atoms with Crippen LogP contribution < -0.4 is 0 Å². The van der Waals surface area contributed by atoms with Crippen LogP contribution in [-0.4, -0.2) is 22.5 Å². The van der Waals surface area contributed by atoms with Gasteiger partial charge in [0.2, 0.25) is 0 Å². The minimum Gasteiger partial charge on any atom is -0.478 e. The van der Waals surface area contributed by atoms with E-state index in [2.05, 4.69) is 19.7 Å². The maximum atomic E-state index is 9.60. The molecule has 0 aliphatic rings. The van der Waals surface area contributed by atoms with Gasteiger partial charge in [0, 0.05) is 12.1 Å². The van der Waals surface area contributed by atoms with Gasteiger partial charge in [-0.15, -0.1) is 0 Å². The highest BCUT2D eigenvalue weighted by atomic mass is 16.4. The molecule has 0 aromatic carbocycles. The second-order valence-electron chi connectivity index (χ2n) is 2.28. The molecule has 13 heavy (non-hydrogen) atoms. The van der Waals surface area contributed by atoms with E-state index in [1.165, 1.54) is 6.92 Å². The zero-order valence-corrected chi connectivity index (χ0v) is 8.29. The molecule has 0 bridgehead atoms. The van der Waals surface area contributed by atoms with Crippen molar-refractivity contribution >= 4 is 5.97 Å². The average Bonchev–Trinajstić information content (AvgIpc) is 2.08. The molecule has 0 radical (unpaired) electrons. The van der Waals surface area contributed by atoms with Crippen molar-refractivity contribution in [3.8, 4) is 0 Å². The van der Waals surface area contributed by atoms with Crippen molar-refractivity contribution in [3.05, 3.63) is 37.7 Å². The number of aliphatic carboxylic acids is 1. The molecule has 0 aliphatic heterocycles. The summed E-state index contributed by atoms with van der Waals surface area (Å²) in [6, 6.07) is 0. The molecule has 0 aromatic heterocycles. The molecule has 74 valence electrons. The average molecular weight is 183 g/mol. The molecule has 1 N–H and O–H groups in total. The molecule has 3 nitrogen and oxygen atoms in total. The predicted molar refractivity (Wildman–Crippen MR) is 55.2 cm³/mol. The van der Waals surface area contributed by atoms with Crippen molar-refractivity contribution in [3.63, 3.8) is 0 Å². The number of hydrogen-bond donors (Lipinski definition) is 1. The molecular formula is C10H17NO2. The van der Waals surface area contributed by atoms with Crippen LogP contribution in [0.3, 0.4) is 0 Å². The maximum Gasteiger partial charge on any atom is 0.330 e. The number of hydrogen-bond acceptors (Lipinski definition) is 2. The van der Waals surface area contributed by atoms with E-state index in [1.54, 1.807) is 12.4 Å². The minimum atomic E-state index is -0.935. The molecule has 0 rings (SSSR count). The van der Waals surface area contributed by atoms with Crippen molar-refractivity contribution in [2.75, 3.05) is 6.54 Å². The van der Waals surface area contributed by atoms with Crippen molar-refractivity contribution < 1.29 is 9.90 Å². The maximum absolute atomic E-state index is 9.60. The third-order valence-electron chi connectivity index (χ3n) is 1.20. The molecule has 0 spiro atoms. The van der Waals surface area contributed by atoms with E-state index in [9.17, 15) is 4.79 Å². The van der Waals surface area contributed by atoms with Gasteiger partial charge >= 0.3 is 5.97 Å². The Morgan fingerprint density at radius 3 is 1.77 bits per heavy atom. The fourth-order valence-electron chi connectivity index (χ4n) is 0.333. The van der Waals surface area contributed by atoms with Gasteiger partial charge in [-0.05, 0) is 26.2 Å². The first-order valence-electron chi connectivity index (χ1n) is 3.89. The normalized spacial score (nSPS) is 7.54. The number of carbonyl (C=O) groups is 1. The second-order valence-corrected chi connectivity index (χ2v) is 2.28. The summed E-state index contributed by atoms with van der Waals surface area (Å²) < 4.78 is 0. The minimum absolute atomic E-state index is 0.176. The lowest BCUT2D eigenvalue weighted by Crippen LogP contribution is -2.05. The molecule has 0 saturated carbocycles. The Morgan fingerprint density at radius 2 is 1.77 bits per heavy atom. The molecule has 0 amide bonds. The van der Waals surface area contributed by atoms with Gasteiger partial charge in [-0.1, -0.05) is 19.7 Å². The lowest BCUT2D eigenvalue weighted by molar-refractivity contribution is -0.132. The fraction of sp³-hybridized carbons (Fsp3) is 0.300. The predicted octanol–water partition coefficient (Wildman–Crippen LogP) is 2.24. The zero-order chi connectivity index (χ0) is 10.9. The topological polar surface area (TPSA) is 40.5 Å². The highest BCUT2D eigenvalue weighted by Gasteiger charge is 1.90. The number of nitrogens with zero attached hydrogens (tertiary/aromatic N) is 1. The van der Waals surface area contributed by atoms with E-state index in [0.29, 0.717) is 0 Å². The van der Waals surface area contributed by atoms with Crippen molar-refractivity contribution in [1.82, 2.24) is 4.90 Å². The highest BCUT2D eigenvalue weighted by Crippen LogP contribution is 1.83. The Morgan fingerprint density at radius 1 is 1.46 bits per heavy atom. The Balaban J connectivity index is 0. The molecule has 0 heterocycles. The lowest BCUT2D eigenvalue weighted by Gasteiger charge is -2.08. The number of carboxylic acid groups (broad SMARTS) is 1. The molecule has 0 saturated heterocycles. The van der Waals surface area contributed by atoms with Gasteiger partial charge in [-0.25, -0.2) is 4.79 Å². The van der Waals surface area contributed by atoms with Crippen LogP contribution in [0.2, 0.25) is 0 Å². The summed E-state index contributed by atoms with van der Waals surface area (Å²) in [5.41, 5.74) is 0.176. The summed E-state index contributed by atoms with van der Waals surface area (Å²) in [6.45, 7) is 14.7. The van der Waals surface area contributed by atoms with E-state index in [-0.39, 0.29) is 5.57 Å². The zero-order valence-electron chi connectivity index (χ0n) is 8.29. The highest BCUT2D eigenvalue weighted by molar-refractivity contribution is 5.84. The van der Waals surface area contributed by atoms with E-state index >= 15 is 0 Å². The molecule has 0 aromatic rings.